The summed E-state index contributed by atoms with van der Waals surface area (Å²) in [6.45, 7) is 7.79. The number of hydrogen-bond acceptors (Lipinski definition) is 0. The second kappa shape index (κ2) is 2.83. The molecular weight excluding hydrogens is 72.1 g/mol. The van der Waals surface area contributed by atoms with Crippen molar-refractivity contribution in [3.8, 4) is 0 Å². The molecule has 0 rings (SSSR count). The second-order valence-electron chi connectivity index (χ2n) is 1.40. The van der Waals surface area contributed by atoms with Crippen LogP contribution >= 0.6 is 0 Å². The molecule has 0 spiro atoms. The van der Waals surface area contributed by atoms with E-state index in [1.807, 2.05) is 6.08 Å². The maximum atomic E-state index is 3.59. The van der Waals surface area contributed by atoms with Gasteiger partial charge in [0.2, 0.25) is 0 Å². The van der Waals surface area contributed by atoms with Crippen molar-refractivity contribution in [1.29, 1.82) is 0 Å². The number of hydrogen-bond donors (Lipinski definition) is 0. The van der Waals surface area contributed by atoms with E-state index in [9.17, 15) is 0 Å². The lowest BCUT2D eigenvalue weighted by Crippen LogP contribution is -1.76. The quantitative estimate of drug-likeness (QED) is 0.449. The molecule has 0 saturated carbocycles. The van der Waals surface area contributed by atoms with Crippen LogP contribution < -0.4 is 0 Å². The molecule has 0 heterocycles. The van der Waals surface area contributed by atoms with Crippen LogP contribution in [0.2, 0.25) is 0 Å². The predicted molar refractivity (Wildman–Crippen MR) is 29.4 cm³/mol. The fraction of sp³-hybridized carbons (Fsp3) is 0.500. The lowest BCUT2D eigenvalue weighted by atomic mass is 10.1. The standard InChI is InChI=1S/C6H11/c1-4-6(3)5-2/h4H,1,5H2,2-3H3/q-1. The fourth-order valence-electron chi connectivity index (χ4n) is 0.144. The van der Waals surface area contributed by atoms with Crippen LogP contribution in [0.15, 0.2) is 12.7 Å². The zero-order valence-corrected chi connectivity index (χ0v) is 4.49. The van der Waals surface area contributed by atoms with Gasteiger partial charge in [-0.25, -0.2) is 18.6 Å². The summed E-state index contributed by atoms with van der Waals surface area (Å²) in [5, 5.41) is 0. The molecule has 0 aromatic carbocycles. The first-order chi connectivity index (χ1) is 2.81. The van der Waals surface area contributed by atoms with Gasteiger partial charge in [-0.2, -0.15) is 0 Å². The van der Waals surface area contributed by atoms with Gasteiger partial charge >= 0.3 is 0 Å². The van der Waals surface area contributed by atoms with E-state index in [2.05, 4.69) is 20.4 Å². The highest BCUT2D eigenvalue weighted by molar-refractivity contribution is 5.00. The van der Waals surface area contributed by atoms with Crippen molar-refractivity contribution in [3.63, 3.8) is 0 Å². The molecule has 0 amide bonds. The lowest BCUT2D eigenvalue weighted by molar-refractivity contribution is 0.988. The average Bonchev–Trinajstić information content (AvgIpc) is 1.65. The van der Waals surface area contributed by atoms with Crippen LogP contribution in [0.5, 0.6) is 0 Å². The first-order valence-corrected chi connectivity index (χ1v) is 2.26. The van der Waals surface area contributed by atoms with Crippen LogP contribution in [0.25, 0.3) is 0 Å². The van der Waals surface area contributed by atoms with Crippen LogP contribution in [-0.2, 0) is 0 Å². The summed E-state index contributed by atoms with van der Waals surface area (Å²) in [6, 6.07) is 0. The maximum absolute atomic E-state index is 3.59. The Morgan fingerprint density at radius 3 is 2.33 bits per heavy atom. The van der Waals surface area contributed by atoms with E-state index in [-0.39, 0.29) is 0 Å². The van der Waals surface area contributed by atoms with E-state index in [0.29, 0.717) is 0 Å². The summed E-state index contributed by atoms with van der Waals surface area (Å²) >= 11 is 0. The molecule has 0 bridgehead atoms. The first kappa shape index (κ1) is 5.61. The molecule has 0 aliphatic carbocycles. The minimum Gasteiger partial charge on any atom is -0.245 e. The largest absolute Gasteiger partial charge is 0.245 e. The molecule has 0 saturated heterocycles. The predicted octanol–water partition coefficient (Wildman–Crippen LogP) is 2.18. The third kappa shape index (κ3) is 1.89. The van der Waals surface area contributed by atoms with Gasteiger partial charge in [-0.1, -0.05) is 6.92 Å². The molecule has 0 aliphatic heterocycles. The normalized spacial score (nSPS) is 7.67. The van der Waals surface area contributed by atoms with Gasteiger partial charge in [-0.15, -0.1) is 13.3 Å². The van der Waals surface area contributed by atoms with Gasteiger partial charge in [0.15, 0.2) is 0 Å². The Bertz CT molecular complexity index is 37.3. The zero-order chi connectivity index (χ0) is 4.99. The van der Waals surface area contributed by atoms with Crippen LogP contribution in [0.3, 0.4) is 0 Å². The van der Waals surface area contributed by atoms with Crippen molar-refractivity contribution in [1.82, 2.24) is 0 Å². The summed E-state index contributed by atoms with van der Waals surface area (Å²) < 4.78 is 0. The average molecular weight is 83.2 g/mol. The smallest absolute Gasteiger partial charge is 0.0770 e. The van der Waals surface area contributed by atoms with E-state index >= 15 is 0 Å². The van der Waals surface area contributed by atoms with Gasteiger partial charge in [0, 0.05) is 0 Å². The lowest BCUT2D eigenvalue weighted by Gasteiger charge is -2.06. The molecule has 0 fully saturated rings. The molecule has 0 atom stereocenters. The van der Waals surface area contributed by atoms with E-state index in [1.54, 1.807) is 0 Å². The molecule has 0 radical (unpaired) electrons. The monoisotopic (exact) mass is 83.1 g/mol. The maximum Gasteiger partial charge on any atom is -0.0770 e. The summed E-state index contributed by atoms with van der Waals surface area (Å²) in [5.74, 6) is 1.36. The van der Waals surface area contributed by atoms with Crippen LogP contribution in [0.4, 0.5) is 0 Å². The fourth-order valence-corrected chi connectivity index (χ4v) is 0.144. The SMILES string of the molecule is C=C[C-](C)CC. The van der Waals surface area contributed by atoms with Crippen molar-refractivity contribution in [2.24, 2.45) is 0 Å². The van der Waals surface area contributed by atoms with Crippen molar-refractivity contribution >= 4 is 0 Å². The Morgan fingerprint density at radius 2 is 2.33 bits per heavy atom. The Kier molecular flexibility index (Phi) is 2.64. The Balaban J connectivity index is 2.96. The van der Waals surface area contributed by atoms with Crippen LogP contribution in [-0.4, -0.2) is 0 Å². The molecule has 0 aliphatic rings. The third-order valence-electron chi connectivity index (χ3n) is 0.906. The molecule has 0 aromatic heterocycles. The topological polar surface area (TPSA) is 0 Å². The van der Waals surface area contributed by atoms with E-state index in [0.717, 1.165) is 6.42 Å². The molecule has 0 nitrogen and oxygen atoms in total. The van der Waals surface area contributed by atoms with Crippen molar-refractivity contribution in [2.75, 3.05) is 0 Å². The van der Waals surface area contributed by atoms with Crippen molar-refractivity contribution in [3.05, 3.63) is 18.6 Å². The first-order valence-electron chi connectivity index (χ1n) is 2.26. The molecule has 6 heavy (non-hydrogen) atoms. The second-order valence-corrected chi connectivity index (χ2v) is 1.40. The van der Waals surface area contributed by atoms with Crippen LogP contribution in [0.1, 0.15) is 20.3 Å². The van der Waals surface area contributed by atoms with Gasteiger partial charge < -0.3 is 0 Å². The molecular formula is C6H11-. The molecule has 36 valence electrons. The minimum absolute atomic E-state index is 1.13. The van der Waals surface area contributed by atoms with E-state index < -0.39 is 0 Å². The highest BCUT2D eigenvalue weighted by atomic mass is 13.9. The Morgan fingerprint density at radius 1 is 1.83 bits per heavy atom. The van der Waals surface area contributed by atoms with Crippen LogP contribution in [0, 0.1) is 5.92 Å². The number of rotatable bonds is 2. The van der Waals surface area contributed by atoms with Gasteiger partial charge in [-0.3, -0.25) is 0 Å². The number of allylic oxidation sites excluding steroid dienone is 1. The summed E-state index contributed by atoms with van der Waals surface area (Å²) in [7, 11) is 0. The third-order valence-corrected chi connectivity index (χ3v) is 0.906. The molecule has 0 aromatic rings. The molecule has 0 heteroatoms. The van der Waals surface area contributed by atoms with Gasteiger partial charge in [0.1, 0.15) is 0 Å². The minimum atomic E-state index is 1.13. The molecule has 0 unspecified atom stereocenters. The van der Waals surface area contributed by atoms with E-state index in [4.69, 9.17) is 0 Å². The summed E-state index contributed by atoms with van der Waals surface area (Å²) in [5.41, 5.74) is 0. The van der Waals surface area contributed by atoms with Crippen molar-refractivity contribution < 1.29 is 0 Å². The zero-order valence-electron chi connectivity index (χ0n) is 4.49. The summed E-state index contributed by atoms with van der Waals surface area (Å²) in [4.78, 5) is 0. The van der Waals surface area contributed by atoms with Gasteiger partial charge in [-0.05, 0) is 0 Å². The Labute approximate surface area is 39.9 Å². The molecule has 0 N–H and O–H groups in total. The Hall–Kier alpha value is -0.390. The van der Waals surface area contributed by atoms with E-state index in [1.165, 1.54) is 5.92 Å². The highest BCUT2D eigenvalue weighted by Crippen LogP contribution is 2.01. The highest BCUT2D eigenvalue weighted by Gasteiger charge is 1.72. The van der Waals surface area contributed by atoms with Gasteiger partial charge in [0.05, 0.1) is 0 Å². The van der Waals surface area contributed by atoms with Crippen molar-refractivity contribution in [2.45, 2.75) is 20.3 Å². The summed E-state index contributed by atoms with van der Waals surface area (Å²) in [6.07, 6.45) is 3.02. The van der Waals surface area contributed by atoms with Gasteiger partial charge in [0.25, 0.3) is 0 Å².